The highest BCUT2D eigenvalue weighted by Gasteiger charge is 2.29. The van der Waals surface area contributed by atoms with Crippen LogP contribution in [0.3, 0.4) is 0 Å². The van der Waals surface area contributed by atoms with E-state index in [4.69, 9.17) is 17.7 Å². The molecule has 0 spiro atoms. The van der Waals surface area contributed by atoms with Crippen molar-refractivity contribution >= 4 is 111 Å². The van der Waals surface area contributed by atoms with Gasteiger partial charge in [-0.2, -0.15) is 0 Å². The quantitative estimate of drug-likeness (QED) is 0.159. The molecular formula is C48H26F2N2O4. The van der Waals surface area contributed by atoms with Crippen molar-refractivity contribution in [3.05, 3.63) is 169 Å². The summed E-state index contributed by atoms with van der Waals surface area (Å²) in [5.41, 5.74) is 3.63. The maximum atomic E-state index is 16.8. The van der Waals surface area contributed by atoms with Gasteiger partial charge in [-0.15, -0.1) is 0 Å². The second kappa shape index (κ2) is 11.5. The van der Waals surface area contributed by atoms with Gasteiger partial charge in [0.15, 0.2) is 0 Å². The van der Waals surface area contributed by atoms with Crippen molar-refractivity contribution in [2.75, 3.05) is 9.80 Å². The van der Waals surface area contributed by atoms with Crippen LogP contribution in [0.25, 0.3) is 76.2 Å². The predicted octanol–water partition coefficient (Wildman–Crippen LogP) is 14.8. The Morgan fingerprint density at radius 3 is 0.911 bits per heavy atom. The van der Waals surface area contributed by atoms with Crippen molar-refractivity contribution in [2.24, 2.45) is 0 Å². The minimum atomic E-state index is -0.476. The number of hydrogen-bond donors (Lipinski definition) is 0. The Bertz CT molecular complexity index is 2990. The molecule has 0 unspecified atom stereocenters. The predicted molar refractivity (Wildman–Crippen MR) is 219 cm³/mol. The van der Waals surface area contributed by atoms with E-state index in [1.165, 1.54) is 12.1 Å². The normalized spacial score (nSPS) is 12.1. The van der Waals surface area contributed by atoms with Gasteiger partial charge >= 0.3 is 0 Å². The average molecular weight is 733 g/mol. The molecule has 0 saturated heterocycles. The number of furan rings is 4. The minimum Gasteiger partial charge on any atom is -0.440 e. The highest BCUT2D eigenvalue weighted by Crippen LogP contribution is 2.50. The maximum absolute atomic E-state index is 16.8. The molecular weight excluding hydrogens is 707 g/mol. The van der Waals surface area contributed by atoms with E-state index in [-0.39, 0.29) is 0 Å². The average Bonchev–Trinajstić information content (AvgIpc) is 4.03. The summed E-state index contributed by atoms with van der Waals surface area (Å²) >= 11 is 0. The van der Waals surface area contributed by atoms with Crippen molar-refractivity contribution in [2.45, 2.75) is 0 Å². The summed E-state index contributed by atoms with van der Waals surface area (Å²) in [5, 5.41) is 6.69. The van der Waals surface area contributed by atoms with Crippen LogP contribution in [0.2, 0.25) is 0 Å². The highest BCUT2D eigenvalue weighted by molar-refractivity contribution is 6.28. The first-order valence-electron chi connectivity index (χ1n) is 18.2. The molecule has 0 radical (unpaired) electrons. The van der Waals surface area contributed by atoms with E-state index in [0.717, 1.165) is 21.5 Å². The van der Waals surface area contributed by atoms with Gasteiger partial charge in [-0.1, -0.05) is 97.1 Å². The van der Waals surface area contributed by atoms with Gasteiger partial charge in [-0.3, -0.25) is 0 Å². The highest BCUT2D eigenvalue weighted by atomic mass is 19.1. The Morgan fingerprint density at radius 2 is 0.607 bits per heavy atom. The summed E-state index contributed by atoms with van der Waals surface area (Å²) in [4.78, 5) is 3.59. The van der Waals surface area contributed by atoms with Gasteiger partial charge in [0.05, 0.1) is 11.4 Å². The van der Waals surface area contributed by atoms with Crippen molar-refractivity contribution < 1.29 is 26.4 Å². The third kappa shape index (κ3) is 4.47. The van der Waals surface area contributed by atoms with Crippen LogP contribution in [0.1, 0.15) is 0 Å². The van der Waals surface area contributed by atoms with E-state index < -0.39 is 11.6 Å². The lowest BCUT2D eigenvalue weighted by atomic mass is 9.91. The number of anilines is 6. The lowest BCUT2D eigenvalue weighted by Crippen LogP contribution is -2.11. The largest absolute Gasteiger partial charge is 0.440 e. The number of fused-ring (bicyclic) bond motifs is 4. The Balaban J connectivity index is 1.15. The van der Waals surface area contributed by atoms with Gasteiger partial charge < -0.3 is 17.7 Å². The van der Waals surface area contributed by atoms with Gasteiger partial charge in [0.25, 0.3) is 0 Å². The Morgan fingerprint density at radius 1 is 0.321 bits per heavy atom. The first-order valence-corrected chi connectivity index (χ1v) is 18.2. The summed E-state index contributed by atoms with van der Waals surface area (Å²) in [5.74, 6) is 0.799. The van der Waals surface area contributed by atoms with E-state index >= 15 is 8.78 Å². The fraction of sp³-hybridized carbons (Fsp3) is 0. The van der Waals surface area contributed by atoms with Crippen LogP contribution in [0.15, 0.2) is 175 Å². The molecule has 8 heteroatoms. The van der Waals surface area contributed by atoms with Crippen LogP contribution in [-0.4, -0.2) is 0 Å². The number of halogens is 2. The number of nitrogens with zero attached hydrogens (tertiary/aromatic N) is 2. The molecule has 0 atom stereocenters. The number of rotatable bonds is 6. The van der Waals surface area contributed by atoms with Crippen LogP contribution in [0, 0.1) is 11.6 Å². The molecule has 6 nitrogen and oxygen atoms in total. The minimum absolute atomic E-state index is 0.353. The van der Waals surface area contributed by atoms with Crippen LogP contribution >= 0.6 is 0 Å². The topological polar surface area (TPSA) is 59.0 Å². The van der Waals surface area contributed by atoms with Gasteiger partial charge in [-0.25, -0.2) is 18.6 Å². The summed E-state index contributed by atoms with van der Waals surface area (Å²) in [6, 6.07) is 48.6. The zero-order valence-electron chi connectivity index (χ0n) is 29.3. The molecule has 12 rings (SSSR count). The van der Waals surface area contributed by atoms with Gasteiger partial charge in [0.2, 0.25) is 23.5 Å². The van der Waals surface area contributed by atoms with E-state index in [1.54, 1.807) is 21.9 Å². The first kappa shape index (κ1) is 30.8. The van der Waals surface area contributed by atoms with Crippen LogP contribution in [0.5, 0.6) is 0 Å². The third-order valence-corrected chi connectivity index (χ3v) is 10.8. The smallest absolute Gasteiger partial charge is 0.208 e. The van der Waals surface area contributed by atoms with Crippen molar-refractivity contribution in [3.63, 3.8) is 0 Å². The summed E-state index contributed by atoms with van der Waals surface area (Å²) in [6.07, 6.45) is 0. The van der Waals surface area contributed by atoms with Crippen LogP contribution < -0.4 is 9.80 Å². The number of para-hydroxylation sites is 4. The SMILES string of the molecule is Fc1cc(N(c2cc3ccccc3o2)c2cc3ccccc3o2)c2ccc3c(F)cc(N(c4cc5ccccc5o4)c4cc5ccccc5o4)c4ccc1c2c34. The molecule has 0 bridgehead atoms. The Hall–Kier alpha value is -7.58. The molecule has 0 aliphatic carbocycles. The Kier molecular flexibility index (Phi) is 6.31. The molecule has 0 aliphatic rings. The molecule has 0 amide bonds. The summed E-state index contributed by atoms with van der Waals surface area (Å²) in [7, 11) is 0. The van der Waals surface area contributed by atoms with E-state index in [1.807, 2.05) is 133 Å². The number of hydrogen-bond acceptors (Lipinski definition) is 6. The number of benzene rings is 8. The van der Waals surface area contributed by atoms with Crippen LogP contribution in [0.4, 0.5) is 43.7 Å². The molecule has 56 heavy (non-hydrogen) atoms. The van der Waals surface area contributed by atoms with E-state index in [2.05, 4.69) is 0 Å². The van der Waals surface area contributed by atoms with Gasteiger partial charge in [0.1, 0.15) is 34.0 Å². The first-order chi connectivity index (χ1) is 27.6. The molecule has 4 heterocycles. The lowest BCUT2D eigenvalue weighted by Gasteiger charge is -2.25. The van der Waals surface area contributed by atoms with Gasteiger partial charge in [0, 0.05) is 78.1 Å². The molecule has 4 aromatic heterocycles. The molecule has 8 aromatic carbocycles. The van der Waals surface area contributed by atoms with E-state index in [0.29, 0.717) is 89.6 Å². The molecule has 12 aromatic rings. The van der Waals surface area contributed by atoms with Crippen molar-refractivity contribution in [1.82, 2.24) is 0 Å². The molecule has 266 valence electrons. The zero-order chi connectivity index (χ0) is 37.1. The second-order valence-electron chi connectivity index (χ2n) is 14.0. The molecule has 0 N–H and O–H groups in total. The third-order valence-electron chi connectivity index (χ3n) is 10.8. The molecule has 0 saturated carbocycles. The fourth-order valence-electron chi connectivity index (χ4n) is 8.25. The van der Waals surface area contributed by atoms with Crippen molar-refractivity contribution in [3.8, 4) is 0 Å². The van der Waals surface area contributed by atoms with Crippen LogP contribution in [-0.2, 0) is 0 Å². The molecule has 0 fully saturated rings. The fourth-order valence-corrected chi connectivity index (χ4v) is 8.25. The standard InChI is InChI=1S/C48H26F2N2O4/c49-35-25-37(51(43-21-27-9-1-5-13-39(27)53-43)44-22-28-10-2-6-14-40(28)54-44)33-19-17-32-36(50)26-38(34-20-18-31(35)47(33)48(32)34)52(45-23-29-11-3-7-15-41(29)55-45)46-24-30-12-4-8-16-42(30)56-46/h1-26H. The Labute approximate surface area is 315 Å². The summed E-state index contributed by atoms with van der Waals surface area (Å²) < 4.78 is 59.3. The monoisotopic (exact) mass is 732 g/mol. The maximum Gasteiger partial charge on any atom is 0.208 e. The van der Waals surface area contributed by atoms with Crippen molar-refractivity contribution in [1.29, 1.82) is 0 Å². The second-order valence-corrected chi connectivity index (χ2v) is 14.0. The summed E-state index contributed by atoms with van der Waals surface area (Å²) in [6.45, 7) is 0. The lowest BCUT2D eigenvalue weighted by molar-refractivity contribution is 0.581. The zero-order valence-corrected chi connectivity index (χ0v) is 29.3. The van der Waals surface area contributed by atoms with E-state index in [9.17, 15) is 0 Å². The van der Waals surface area contributed by atoms with Gasteiger partial charge in [-0.05, 0) is 36.4 Å². The molecule has 0 aliphatic heterocycles.